The van der Waals surface area contributed by atoms with E-state index < -0.39 is 5.97 Å². The molecule has 1 saturated carbocycles. The number of carboxylic acids is 1. The second kappa shape index (κ2) is 6.08. The van der Waals surface area contributed by atoms with Gasteiger partial charge < -0.3 is 5.11 Å². The number of aliphatic carboxylic acids is 1. The number of carboxylic acid groups (broad SMARTS) is 1. The maximum absolute atomic E-state index is 10.7. The highest BCUT2D eigenvalue weighted by molar-refractivity contribution is 5.70. The van der Waals surface area contributed by atoms with E-state index in [2.05, 4.69) is 10.3 Å². The summed E-state index contributed by atoms with van der Waals surface area (Å²) >= 11 is 0. The Morgan fingerprint density at radius 1 is 1.29 bits per heavy atom. The van der Waals surface area contributed by atoms with Crippen LogP contribution in [0.3, 0.4) is 0 Å². The van der Waals surface area contributed by atoms with E-state index >= 15 is 0 Å². The first kappa shape index (κ1) is 13.8. The Morgan fingerprint density at radius 3 is 2.71 bits per heavy atom. The molecular formula is C16H19N3O2. The summed E-state index contributed by atoms with van der Waals surface area (Å²) < 4.78 is 1.89. The SMILES string of the molecule is O=C(O)Cc1ccc(-c2cn(CCCC3CC3)nn2)cc1. The summed E-state index contributed by atoms with van der Waals surface area (Å²) in [7, 11) is 0. The normalized spacial score (nSPS) is 14.3. The molecule has 5 nitrogen and oxygen atoms in total. The minimum atomic E-state index is -0.815. The predicted molar refractivity (Wildman–Crippen MR) is 78.8 cm³/mol. The van der Waals surface area contributed by atoms with E-state index in [-0.39, 0.29) is 6.42 Å². The molecule has 3 rings (SSSR count). The van der Waals surface area contributed by atoms with Gasteiger partial charge >= 0.3 is 5.97 Å². The number of benzene rings is 1. The Bertz CT molecular complexity index is 615. The lowest BCUT2D eigenvalue weighted by molar-refractivity contribution is -0.136. The van der Waals surface area contributed by atoms with Crippen LogP contribution in [0.25, 0.3) is 11.3 Å². The summed E-state index contributed by atoms with van der Waals surface area (Å²) in [4.78, 5) is 10.7. The Hall–Kier alpha value is -2.17. The van der Waals surface area contributed by atoms with E-state index in [1.807, 2.05) is 35.1 Å². The van der Waals surface area contributed by atoms with Gasteiger partial charge in [0.05, 0.1) is 12.6 Å². The molecule has 1 aromatic heterocycles. The molecule has 2 aromatic rings. The first-order valence-electron chi connectivity index (χ1n) is 7.42. The van der Waals surface area contributed by atoms with E-state index in [0.717, 1.165) is 35.7 Å². The molecule has 0 saturated heterocycles. The monoisotopic (exact) mass is 285 g/mol. The van der Waals surface area contributed by atoms with Gasteiger partial charge in [0.15, 0.2) is 0 Å². The second-order valence-corrected chi connectivity index (χ2v) is 5.72. The highest BCUT2D eigenvalue weighted by Crippen LogP contribution is 2.33. The van der Waals surface area contributed by atoms with Crippen LogP contribution < -0.4 is 0 Å². The van der Waals surface area contributed by atoms with Crippen LogP contribution in [-0.2, 0) is 17.8 Å². The van der Waals surface area contributed by atoms with E-state index in [0.29, 0.717) is 0 Å². The second-order valence-electron chi connectivity index (χ2n) is 5.72. The molecule has 1 aromatic carbocycles. The predicted octanol–water partition coefficient (Wildman–Crippen LogP) is 2.76. The highest BCUT2D eigenvalue weighted by atomic mass is 16.4. The average molecular weight is 285 g/mol. The van der Waals surface area contributed by atoms with Crippen molar-refractivity contribution in [3.63, 3.8) is 0 Å². The van der Waals surface area contributed by atoms with Gasteiger partial charge in [-0.1, -0.05) is 42.3 Å². The fourth-order valence-corrected chi connectivity index (χ4v) is 2.46. The Morgan fingerprint density at radius 2 is 2.05 bits per heavy atom. The van der Waals surface area contributed by atoms with E-state index in [9.17, 15) is 4.79 Å². The lowest BCUT2D eigenvalue weighted by Crippen LogP contribution is -1.99. The van der Waals surface area contributed by atoms with Crippen LogP contribution in [0.15, 0.2) is 30.5 Å². The van der Waals surface area contributed by atoms with Crippen LogP contribution >= 0.6 is 0 Å². The number of hydrogen-bond donors (Lipinski definition) is 1. The smallest absolute Gasteiger partial charge is 0.307 e. The summed E-state index contributed by atoms with van der Waals surface area (Å²) in [5.74, 6) is 0.138. The van der Waals surface area contributed by atoms with Crippen LogP contribution in [0.5, 0.6) is 0 Å². The minimum absolute atomic E-state index is 0.0497. The number of hydrogen-bond acceptors (Lipinski definition) is 3. The van der Waals surface area contributed by atoms with Crippen LogP contribution in [0.1, 0.15) is 31.2 Å². The fourth-order valence-electron chi connectivity index (χ4n) is 2.46. The van der Waals surface area contributed by atoms with Crippen molar-refractivity contribution in [3.8, 4) is 11.3 Å². The Kier molecular flexibility index (Phi) is 3.99. The maximum atomic E-state index is 10.7. The van der Waals surface area contributed by atoms with Crippen molar-refractivity contribution in [1.29, 1.82) is 0 Å². The van der Waals surface area contributed by atoms with Crippen molar-refractivity contribution >= 4 is 5.97 Å². The molecule has 0 spiro atoms. The van der Waals surface area contributed by atoms with Crippen LogP contribution in [0, 0.1) is 5.92 Å². The number of nitrogens with zero attached hydrogens (tertiary/aromatic N) is 3. The largest absolute Gasteiger partial charge is 0.481 e. The number of aryl methyl sites for hydroxylation is 1. The molecule has 0 aliphatic heterocycles. The van der Waals surface area contributed by atoms with Gasteiger partial charge in [-0.3, -0.25) is 9.48 Å². The Balaban J connectivity index is 1.60. The van der Waals surface area contributed by atoms with Crippen molar-refractivity contribution in [2.45, 2.75) is 38.6 Å². The molecule has 1 N–H and O–H groups in total. The van der Waals surface area contributed by atoms with Gasteiger partial charge in [-0.15, -0.1) is 5.10 Å². The molecule has 0 amide bonds. The van der Waals surface area contributed by atoms with Gasteiger partial charge in [-0.2, -0.15) is 0 Å². The third-order valence-electron chi connectivity index (χ3n) is 3.84. The van der Waals surface area contributed by atoms with Gasteiger partial charge in [-0.25, -0.2) is 0 Å². The zero-order valence-corrected chi connectivity index (χ0v) is 11.9. The molecule has 5 heteroatoms. The molecule has 1 aliphatic carbocycles. The highest BCUT2D eigenvalue weighted by Gasteiger charge is 2.20. The number of carbonyl (C=O) groups is 1. The fraction of sp³-hybridized carbons (Fsp3) is 0.438. The van der Waals surface area contributed by atoms with Crippen molar-refractivity contribution in [2.24, 2.45) is 5.92 Å². The molecule has 0 radical (unpaired) electrons. The summed E-state index contributed by atoms with van der Waals surface area (Å²) in [6.45, 7) is 0.917. The molecule has 21 heavy (non-hydrogen) atoms. The summed E-state index contributed by atoms with van der Waals surface area (Å²) in [6.07, 6.45) is 7.24. The van der Waals surface area contributed by atoms with Crippen molar-refractivity contribution in [2.75, 3.05) is 0 Å². The molecule has 1 aliphatic rings. The lowest BCUT2D eigenvalue weighted by Gasteiger charge is -2.00. The van der Waals surface area contributed by atoms with Crippen LogP contribution in [0.4, 0.5) is 0 Å². The quantitative estimate of drug-likeness (QED) is 0.849. The Labute approximate surface area is 123 Å². The molecule has 0 atom stereocenters. The number of aromatic nitrogens is 3. The van der Waals surface area contributed by atoms with E-state index in [1.54, 1.807) is 0 Å². The van der Waals surface area contributed by atoms with Crippen molar-refractivity contribution in [3.05, 3.63) is 36.0 Å². The zero-order chi connectivity index (χ0) is 14.7. The molecule has 110 valence electrons. The maximum Gasteiger partial charge on any atom is 0.307 e. The standard InChI is InChI=1S/C16H19N3O2/c20-16(21)10-13-5-7-14(8-6-13)15-11-19(18-17-15)9-1-2-12-3-4-12/h5-8,11-12H,1-4,9-10H2,(H,20,21). The lowest BCUT2D eigenvalue weighted by atomic mass is 10.1. The molecular weight excluding hydrogens is 266 g/mol. The topological polar surface area (TPSA) is 68.0 Å². The first-order valence-corrected chi connectivity index (χ1v) is 7.42. The minimum Gasteiger partial charge on any atom is -0.481 e. The summed E-state index contributed by atoms with van der Waals surface area (Å²) in [5, 5.41) is 17.1. The molecule has 0 bridgehead atoms. The van der Waals surface area contributed by atoms with Crippen molar-refractivity contribution < 1.29 is 9.90 Å². The van der Waals surface area contributed by atoms with Gasteiger partial charge in [0.2, 0.25) is 0 Å². The summed E-state index contributed by atoms with van der Waals surface area (Å²) in [5.41, 5.74) is 2.60. The molecule has 0 unspecified atom stereocenters. The number of rotatable bonds is 7. The summed E-state index contributed by atoms with van der Waals surface area (Å²) in [6, 6.07) is 7.46. The van der Waals surface area contributed by atoms with Gasteiger partial charge in [0.25, 0.3) is 0 Å². The first-order chi connectivity index (χ1) is 10.2. The van der Waals surface area contributed by atoms with E-state index in [1.165, 1.54) is 19.3 Å². The third-order valence-corrected chi connectivity index (χ3v) is 3.84. The third kappa shape index (κ3) is 3.90. The van der Waals surface area contributed by atoms with Gasteiger partial charge in [0, 0.05) is 12.1 Å². The van der Waals surface area contributed by atoms with Gasteiger partial charge in [-0.05, 0) is 24.3 Å². The molecule has 1 fully saturated rings. The average Bonchev–Trinajstić information content (AvgIpc) is 3.16. The van der Waals surface area contributed by atoms with Gasteiger partial charge in [0.1, 0.15) is 5.69 Å². The van der Waals surface area contributed by atoms with Crippen LogP contribution in [-0.4, -0.2) is 26.1 Å². The van der Waals surface area contributed by atoms with E-state index in [4.69, 9.17) is 5.11 Å². The van der Waals surface area contributed by atoms with Crippen molar-refractivity contribution in [1.82, 2.24) is 15.0 Å². The molecule has 1 heterocycles. The van der Waals surface area contributed by atoms with Crippen LogP contribution in [0.2, 0.25) is 0 Å². The zero-order valence-electron chi connectivity index (χ0n) is 11.9.